The Hall–Kier alpha value is -2.22. The standard InChI is InChI=1S/C19H23N3O3S/c1-13-7-8-16(11-18(13)26(24,25)22-15-9-10-15)21-19(23)12-17(20)14-5-3-2-4-6-14/h2-8,11,15,17,22H,9-10,12,20H2,1H3,(H,21,23). The SMILES string of the molecule is Cc1ccc(NC(=O)CC(N)c2ccccc2)cc1S(=O)(=O)NC1CC1. The van der Waals surface area contributed by atoms with E-state index in [1.807, 2.05) is 30.3 Å². The minimum absolute atomic E-state index is 0.0292. The molecule has 0 saturated heterocycles. The van der Waals surface area contributed by atoms with E-state index in [2.05, 4.69) is 10.0 Å². The quantitative estimate of drug-likeness (QED) is 0.694. The van der Waals surface area contributed by atoms with Gasteiger partial charge in [0.25, 0.3) is 0 Å². The fourth-order valence-electron chi connectivity index (χ4n) is 2.68. The minimum atomic E-state index is -3.58. The predicted molar refractivity (Wildman–Crippen MR) is 101 cm³/mol. The summed E-state index contributed by atoms with van der Waals surface area (Å²) in [5.41, 5.74) is 8.02. The highest BCUT2D eigenvalue weighted by Crippen LogP contribution is 2.25. The molecular formula is C19H23N3O3S. The smallest absolute Gasteiger partial charge is 0.241 e. The molecule has 1 unspecified atom stereocenters. The summed E-state index contributed by atoms with van der Waals surface area (Å²) in [6.07, 6.45) is 1.85. The van der Waals surface area contributed by atoms with Gasteiger partial charge in [-0.05, 0) is 43.0 Å². The summed E-state index contributed by atoms with van der Waals surface area (Å²) in [4.78, 5) is 12.5. The van der Waals surface area contributed by atoms with Gasteiger partial charge in [-0.25, -0.2) is 13.1 Å². The van der Waals surface area contributed by atoms with E-state index in [1.165, 1.54) is 6.07 Å². The molecule has 1 amide bonds. The van der Waals surface area contributed by atoms with E-state index in [0.29, 0.717) is 11.3 Å². The average molecular weight is 373 g/mol. The third-order valence-corrected chi connectivity index (χ3v) is 5.96. The number of amides is 1. The predicted octanol–water partition coefficient (Wildman–Crippen LogP) is 2.46. The summed E-state index contributed by atoms with van der Waals surface area (Å²) < 4.78 is 27.6. The van der Waals surface area contributed by atoms with Gasteiger partial charge < -0.3 is 11.1 Å². The topological polar surface area (TPSA) is 101 Å². The van der Waals surface area contributed by atoms with Crippen LogP contribution in [0.25, 0.3) is 0 Å². The number of carbonyl (C=O) groups is 1. The van der Waals surface area contributed by atoms with Crippen LogP contribution in [-0.2, 0) is 14.8 Å². The van der Waals surface area contributed by atoms with E-state index in [9.17, 15) is 13.2 Å². The van der Waals surface area contributed by atoms with Crippen LogP contribution in [0.3, 0.4) is 0 Å². The minimum Gasteiger partial charge on any atom is -0.326 e. The van der Waals surface area contributed by atoms with E-state index in [-0.39, 0.29) is 23.3 Å². The van der Waals surface area contributed by atoms with Crippen molar-refractivity contribution in [2.24, 2.45) is 5.73 Å². The largest absolute Gasteiger partial charge is 0.326 e. The van der Waals surface area contributed by atoms with Crippen molar-refractivity contribution in [3.8, 4) is 0 Å². The van der Waals surface area contributed by atoms with Gasteiger partial charge in [0.2, 0.25) is 15.9 Å². The summed E-state index contributed by atoms with van der Waals surface area (Å²) in [6.45, 7) is 1.73. The number of hydrogen-bond acceptors (Lipinski definition) is 4. The first kappa shape index (κ1) is 18.6. The molecule has 0 radical (unpaired) electrons. The van der Waals surface area contributed by atoms with Crippen LogP contribution in [-0.4, -0.2) is 20.4 Å². The number of nitrogens with one attached hydrogen (secondary N) is 2. The van der Waals surface area contributed by atoms with Crippen molar-refractivity contribution >= 4 is 21.6 Å². The molecule has 3 rings (SSSR count). The van der Waals surface area contributed by atoms with Crippen molar-refractivity contribution < 1.29 is 13.2 Å². The lowest BCUT2D eigenvalue weighted by atomic mass is 10.0. The Morgan fingerprint density at radius 3 is 2.54 bits per heavy atom. The van der Waals surface area contributed by atoms with E-state index in [0.717, 1.165) is 18.4 Å². The Labute approximate surface area is 153 Å². The van der Waals surface area contributed by atoms with E-state index < -0.39 is 16.1 Å². The molecule has 2 aromatic rings. The van der Waals surface area contributed by atoms with Crippen LogP contribution in [0, 0.1) is 6.92 Å². The third kappa shape index (κ3) is 4.69. The first-order chi connectivity index (χ1) is 12.3. The van der Waals surface area contributed by atoms with Crippen molar-refractivity contribution in [1.29, 1.82) is 0 Å². The Morgan fingerprint density at radius 2 is 1.88 bits per heavy atom. The maximum Gasteiger partial charge on any atom is 0.241 e. The van der Waals surface area contributed by atoms with Gasteiger partial charge in [0.15, 0.2) is 0 Å². The number of aryl methyl sites for hydroxylation is 1. The summed E-state index contributed by atoms with van der Waals surface area (Å²) in [5.74, 6) is -0.260. The van der Waals surface area contributed by atoms with Crippen LogP contribution in [0.2, 0.25) is 0 Å². The van der Waals surface area contributed by atoms with Crippen molar-refractivity contribution in [3.05, 3.63) is 59.7 Å². The molecule has 0 bridgehead atoms. The van der Waals surface area contributed by atoms with Gasteiger partial charge in [-0.15, -0.1) is 0 Å². The molecule has 1 atom stereocenters. The van der Waals surface area contributed by atoms with Gasteiger partial charge in [0.1, 0.15) is 0 Å². The molecule has 4 N–H and O–H groups in total. The van der Waals surface area contributed by atoms with Crippen molar-refractivity contribution in [2.75, 3.05) is 5.32 Å². The zero-order valence-corrected chi connectivity index (χ0v) is 15.4. The second-order valence-corrected chi connectivity index (χ2v) is 8.33. The maximum atomic E-state index is 12.5. The Kier molecular flexibility index (Phi) is 5.41. The number of carbonyl (C=O) groups excluding carboxylic acids is 1. The molecule has 138 valence electrons. The summed E-state index contributed by atoms with van der Waals surface area (Å²) in [6, 6.07) is 13.9. The fraction of sp³-hybridized carbons (Fsp3) is 0.316. The van der Waals surface area contributed by atoms with Crippen LogP contribution in [0.1, 0.15) is 36.4 Å². The third-order valence-electron chi connectivity index (χ3n) is 4.29. The molecule has 2 aromatic carbocycles. The summed E-state index contributed by atoms with van der Waals surface area (Å²) >= 11 is 0. The molecule has 1 saturated carbocycles. The summed E-state index contributed by atoms with van der Waals surface area (Å²) in [7, 11) is -3.58. The number of hydrogen-bond donors (Lipinski definition) is 3. The van der Waals surface area contributed by atoms with Crippen LogP contribution in [0.5, 0.6) is 0 Å². The van der Waals surface area contributed by atoms with Crippen LogP contribution < -0.4 is 15.8 Å². The van der Waals surface area contributed by atoms with Gasteiger partial charge in [-0.1, -0.05) is 36.4 Å². The average Bonchev–Trinajstić information content (AvgIpc) is 3.40. The molecule has 0 spiro atoms. The molecule has 6 nitrogen and oxygen atoms in total. The fourth-order valence-corrected chi connectivity index (χ4v) is 4.26. The van der Waals surface area contributed by atoms with Gasteiger partial charge in [-0.3, -0.25) is 4.79 Å². The monoisotopic (exact) mass is 373 g/mol. The molecule has 1 fully saturated rings. The van der Waals surface area contributed by atoms with Crippen LogP contribution in [0.4, 0.5) is 5.69 Å². The van der Waals surface area contributed by atoms with Gasteiger partial charge in [0, 0.05) is 24.2 Å². The number of benzene rings is 2. The first-order valence-corrected chi connectivity index (χ1v) is 10.1. The Balaban J connectivity index is 1.69. The molecular weight excluding hydrogens is 350 g/mol. The highest BCUT2D eigenvalue weighted by molar-refractivity contribution is 7.89. The van der Waals surface area contributed by atoms with Crippen molar-refractivity contribution in [2.45, 2.75) is 43.2 Å². The number of nitrogens with two attached hydrogens (primary N) is 1. The zero-order chi connectivity index (χ0) is 18.7. The number of rotatable bonds is 7. The van der Waals surface area contributed by atoms with E-state index in [1.54, 1.807) is 19.1 Å². The summed E-state index contributed by atoms with van der Waals surface area (Å²) in [5, 5.41) is 2.74. The van der Waals surface area contributed by atoms with Crippen molar-refractivity contribution in [3.63, 3.8) is 0 Å². The van der Waals surface area contributed by atoms with E-state index in [4.69, 9.17) is 5.73 Å². The highest BCUT2D eigenvalue weighted by atomic mass is 32.2. The van der Waals surface area contributed by atoms with Crippen LogP contribution in [0.15, 0.2) is 53.4 Å². The molecule has 0 aliphatic heterocycles. The molecule has 7 heteroatoms. The van der Waals surface area contributed by atoms with Gasteiger partial charge >= 0.3 is 0 Å². The first-order valence-electron chi connectivity index (χ1n) is 8.58. The number of sulfonamides is 1. The molecule has 1 aliphatic rings. The van der Waals surface area contributed by atoms with Gasteiger partial charge in [0.05, 0.1) is 4.90 Å². The normalized spacial score (nSPS) is 15.5. The lowest BCUT2D eigenvalue weighted by molar-refractivity contribution is -0.116. The number of anilines is 1. The molecule has 0 aromatic heterocycles. The Bertz CT molecular complexity index is 894. The maximum absolute atomic E-state index is 12.5. The molecule has 0 heterocycles. The lowest BCUT2D eigenvalue weighted by Gasteiger charge is -2.14. The second-order valence-electron chi connectivity index (χ2n) is 6.65. The van der Waals surface area contributed by atoms with Gasteiger partial charge in [-0.2, -0.15) is 0 Å². The second kappa shape index (κ2) is 7.57. The van der Waals surface area contributed by atoms with E-state index >= 15 is 0 Å². The molecule has 1 aliphatic carbocycles. The zero-order valence-electron chi connectivity index (χ0n) is 14.6. The van der Waals surface area contributed by atoms with Crippen LogP contribution >= 0.6 is 0 Å². The Morgan fingerprint density at radius 1 is 1.19 bits per heavy atom. The van der Waals surface area contributed by atoms with Crippen molar-refractivity contribution in [1.82, 2.24) is 4.72 Å². The molecule has 26 heavy (non-hydrogen) atoms. The highest BCUT2D eigenvalue weighted by Gasteiger charge is 2.29. The lowest BCUT2D eigenvalue weighted by Crippen LogP contribution is -2.26.